The quantitative estimate of drug-likeness (QED) is 0.415. The number of carbonyl (C=O) groups excluding carboxylic acids is 1. The molecule has 0 radical (unpaired) electrons. The van der Waals surface area contributed by atoms with E-state index >= 15 is 0 Å². The van der Waals surface area contributed by atoms with Gasteiger partial charge < -0.3 is 15.0 Å². The molecule has 1 amide bonds. The number of hydrogen-bond donors (Lipinski definition) is 1. The standard InChI is InChI=1S/C26H26N4O2/c1-3-30(4-2)24(31)18-32-21-16-14-19(15-17-21)25-22-12-8-9-13-23(22)26(29-28-25)27-20-10-6-5-7-11-20/h5-17H,3-4,18H2,1-2H3,(H,27,29). The van der Waals surface area contributed by atoms with Gasteiger partial charge in [0, 0.05) is 35.1 Å². The third-order valence-corrected chi connectivity index (χ3v) is 5.33. The molecule has 1 N–H and O–H groups in total. The predicted molar refractivity (Wildman–Crippen MR) is 128 cm³/mol. The zero-order valence-electron chi connectivity index (χ0n) is 18.3. The van der Waals surface area contributed by atoms with Crippen LogP contribution in [0.2, 0.25) is 0 Å². The first-order valence-corrected chi connectivity index (χ1v) is 10.8. The lowest BCUT2D eigenvalue weighted by atomic mass is 10.0. The van der Waals surface area contributed by atoms with Crippen LogP contribution in [0.4, 0.5) is 11.5 Å². The topological polar surface area (TPSA) is 67.4 Å². The van der Waals surface area contributed by atoms with Crippen LogP contribution in [0.5, 0.6) is 5.75 Å². The minimum atomic E-state index is -0.0163. The summed E-state index contributed by atoms with van der Waals surface area (Å²) < 4.78 is 5.68. The molecule has 1 aromatic heterocycles. The van der Waals surface area contributed by atoms with Gasteiger partial charge in [-0.25, -0.2) is 0 Å². The average Bonchev–Trinajstić information content (AvgIpc) is 2.85. The number of para-hydroxylation sites is 1. The van der Waals surface area contributed by atoms with Crippen molar-refractivity contribution in [2.75, 3.05) is 25.0 Å². The summed E-state index contributed by atoms with van der Waals surface area (Å²) >= 11 is 0. The Labute approximate surface area is 187 Å². The molecule has 0 fully saturated rings. The second kappa shape index (κ2) is 9.92. The average molecular weight is 427 g/mol. The Kier molecular flexibility index (Phi) is 6.60. The molecule has 0 unspecified atom stereocenters. The van der Waals surface area contributed by atoms with Crippen molar-refractivity contribution in [2.45, 2.75) is 13.8 Å². The normalized spacial score (nSPS) is 10.7. The van der Waals surface area contributed by atoms with E-state index in [4.69, 9.17) is 4.74 Å². The Morgan fingerprint density at radius 1 is 0.844 bits per heavy atom. The number of nitrogens with zero attached hydrogens (tertiary/aromatic N) is 3. The van der Waals surface area contributed by atoms with Gasteiger partial charge in [-0.1, -0.05) is 42.5 Å². The summed E-state index contributed by atoms with van der Waals surface area (Å²) in [6.07, 6.45) is 0. The van der Waals surface area contributed by atoms with Crippen LogP contribution in [-0.4, -0.2) is 40.7 Å². The van der Waals surface area contributed by atoms with Gasteiger partial charge in [0.1, 0.15) is 11.4 Å². The molecule has 0 bridgehead atoms. The Bertz CT molecular complexity index is 1190. The minimum Gasteiger partial charge on any atom is -0.484 e. The molecule has 0 saturated heterocycles. The summed E-state index contributed by atoms with van der Waals surface area (Å²) in [5, 5.41) is 14.3. The molecular formula is C26H26N4O2. The van der Waals surface area contributed by atoms with E-state index in [0.29, 0.717) is 24.7 Å². The Balaban J connectivity index is 1.56. The van der Waals surface area contributed by atoms with E-state index < -0.39 is 0 Å². The largest absolute Gasteiger partial charge is 0.484 e. The number of likely N-dealkylation sites (N-methyl/N-ethyl adjacent to an activating group) is 1. The first kappa shape index (κ1) is 21.3. The molecular weight excluding hydrogens is 400 g/mol. The fraction of sp³-hybridized carbons (Fsp3) is 0.192. The maximum absolute atomic E-state index is 12.2. The highest BCUT2D eigenvalue weighted by Gasteiger charge is 2.13. The highest BCUT2D eigenvalue weighted by atomic mass is 16.5. The summed E-state index contributed by atoms with van der Waals surface area (Å²) in [5.74, 6) is 1.34. The van der Waals surface area contributed by atoms with Gasteiger partial charge in [0.2, 0.25) is 0 Å². The molecule has 6 heteroatoms. The molecule has 162 valence electrons. The highest BCUT2D eigenvalue weighted by molar-refractivity contribution is 6.00. The van der Waals surface area contributed by atoms with E-state index in [1.807, 2.05) is 92.7 Å². The molecule has 6 nitrogen and oxygen atoms in total. The minimum absolute atomic E-state index is 0.0163. The van der Waals surface area contributed by atoms with E-state index in [0.717, 1.165) is 27.7 Å². The van der Waals surface area contributed by atoms with Gasteiger partial charge in [0.05, 0.1) is 0 Å². The summed E-state index contributed by atoms with van der Waals surface area (Å²) in [6.45, 7) is 5.31. The monoisotopic (exact) mass is 426 g/mol. The maximum atomic E-state index is 12.2. The van der Waals surface area contributed by atoms with Gasteiger partial charge in [-0.2, -0.15) is 0 Å². The predicted octanol–water partition coefficient (Wildman–Crippen LogP) is 5.29. The lowest BCUT2D eigenvalue weighted by molar-refractivity contribution is -0.132. The fourth-order valence-electron chi connectivity index (χ4n) is 3.59. The van der Waals surface area contributed by atoms with Crippen molar-refractivity contribution < 1.29 is 9.53 Å². The van der Waals surface area contributed by atoms with Crippen molar-refractivity contribution in [2.24, 2.45) is 0 Å². The number of amides is 1. The molecule has 0 aliphatic carbocycles. The van der Waals surface area contributed by atoms with Crippen LogP contribution >= 0.6 is 0 Å². The smallest absolute Gasteiger partial charge is 0.260 e. The number of fused-ring (bicyclic) bond motifs is 1. The molecule has 0 saturated carbocycles. The Morgan fingerprint density at radius 2 is 1.50 bits per heavy atom. The van der Waals surface area contributed by atoms with Crippen molar-refractivity contribution in [3.63, 3.8) is 0 Å². The maximum Gasteiger partial charge on any atom is 0.260 e. The van der Waals surface area contributed by atoms with Crippen molar-refractivity contribution >= 4 is 28.2 Å². The molecule has 4 rings (SSSR count). The number of hydrogen-bond acceptors (Lipinski definition) is 5. The first-order chi connectivity index (χ1) is 15.7. The van der Waals surface area contributed by atoms with Gasteiger partial charge in [-0.3, -0.25) is 4.79 Å². The molecule has 0 aliphatic heterocycles. The molecule has 3 aromatic carbocycles. The van der Waals surface area contributed by atoms with Crippen molar-refractivity contribution in [1.29, 1.82) is 0 Å². The number of rotatable bonds is 8. The van der Waals surface area contributed by atoms with E-state index in [-0.39, 0.29) is 12.5 Å². The second-order valence-electron chi connectivity index (χ2n) is 7.31. The van der Waals surface area contributed by atoms with Crippen molar-refractivity contribution in [3.8, 4) is 17.0 Å². The number of carbonyl (C=O) groups is 1. The molecule has 0 atom stereocenters. The summed E-state index contributed by atoms with van der Waals surface area (Å²) in [7, 11) is 0. The van der Waals surface area contributed by atoms with Gasteiger partial charge in [0.25, 0.3) is 5.91 Å². The summed E-state index contributed by atoms with van der Waals surface area (Å²) in [5.41, 5.74) is 2.69. The van der Waals surface area contributed by atoms with Crippen LogP contribution in [0, 0.1) is 0 Å². The van der Waals surface area contributed by atoms with Crippen molar-refractivity contribution in [1.82, 2.24) is 15.1 Å². The fourth-order valence-corrected chi connectivity index (χ4v) is 3.59. The molecule has 32 heavy (non-hydrogen) atoms. The van der Waals surface area contributed by atoms with Crippen LogP contribution in [0.25, 0.3) is 22.0 Å². The lowest BCUT2D eigenvalue weighted by Gasteiger charge is -2.18. The number of nitrogens with one attached hydrogen (secondary N) is 1. The Hall–Kier alpha value is -3.93. The van der Waals surface area contributed by atoms with Gasteiger partial charge in [0.15, 0.2) is 12.4 Å². The second-order valence-corrected chi connectivity index (χ2v) is 7.31. The zero-order valence-corrected chi connectivity index (χ0v) is 18.3. The van der Waals surface area contributed by atoms with E-state index in [1.54, 1.807) is 4.90 Å². The lowest BCUT2D eigenvalue weighted by Crippen LogP contribution is -2.34. The SMILES string of the molecule is CCN(CC)C(=O)COc1ccc(-c2nnc(Nc3ccccc3)c3ccccc23)cc1. The third-order valence-electron chi connectivity index (χ3n) is 5.33. The van der Waals surface area contributed by atoms with E-state index in [2.05, 4.69) is 15.5 Å². The highest BCUT2D eigenvalue weighted by Crippen LogP contribution is 2.31. The number of ether oxygens (including phenoxy) is 1. The molecule has 0 spiro atoms. The van der Waals surface area contributed by atoms with Crippen LogP contribution in [0.1, 0.15) is 13.8 Å². The van der Waals surface area contributed by atoms with Crippen LogP contribution in [-0.2, 0) is 4.79 Å². The Morgan fingerprint density at radius 3 is 2.19 bits per heavy atom. The van der Waals surface area contributed by atoms with E-state index in [9.17, 15) is 4.79 Å². The van der Waals surface area contributed by atoms with Crippen LogP contribution < -0.4 is 10.1 Å². The zero-order chi connectivity index (χ0) is 22.3. The first-order valence-electron chi connectivity index (χ1n) is 10.8. The van der Waals surface area contributed by atoms with Gasteiger partial charge in [-0.05, 0) is 50.2 Å². The van der Waals surface area contributed by atoms with Gasteiger partial charge >= 0.3 is 0 Å². The molecule has 4 aromatic rings. The van der Waals surface area contributed by atoms with Crippen LogP contribution in [0.3, 0.4) is 0 Å². The summed E-state index contributed by atoms with van der Waals surface area (Å²) in [4.78, 5) is 13.9. The van der Waals surface area contributed by atoms with Crippen LogP contribution in [0.15, 0.2) is 78.9 Å². The van der Waals surface area contributed by atoms with E-state index in [1.165, 1.54) is 0 Å². The molecule has 0 aliphatic rings. The number of anilines is 2. The number of benzene rings is 3. The summed E-state index contributed by atoms with van der Waals surface area (Å²) in [6, 6.07) is 25.6. The van der Waals surface area contributed by atoms with Crippen molar-refractivity contribution in [3.05, 3.63) is 78.9 Å². The van der Waals surface area contributed by atoms with Gasteiger partial charge in [-0.15, -0.1) is 10.2 Å². The molecule has 1 heterocycles. The third kappa shape index (κ3) is 4.70. The number of aromatic nitrogens is 2.